The minimum absolute atomic E-state index is 0.109. The Kier molecular flexibility index (Phi) is 6.54. The van der Waals surface area contributed by atoms with Crippen LogP contribution >= 0.6 is 0 Å². The molecule has 7 heteroatoms. The molecule has 2 N–H and O–H groups in total. The number of benzene rings is 1. The molecule has 0 aromatic heterocycles. The highest BCUT2D eigenvalue weighted by molar-refractivity contribution is 7.93. The van der Waals surface area contributed by atoms with Gasteiger partial charge in [0.2, 0.25) is 5.91 Å². The SMILES string of the molecule is Cc1cccc(CC(CNC(=O)CS(=O)(=O)C(C)(C)C)C(=O)O)c1. The van der Waals surface area contributed by atoms with Gasteiger partial charge in [-0.2, -0.15) is 0 Å². The maximum Gasteiger partial charge on any atom is 0.308 e. The van der Waals surface area contributed by atoms with Gasteiger partial charge >= 0.3 is 5.97 Å². The molecule has 0 spiro atoms. The lowest BCUT2D eigenvalue weighted by Gasteiger charge is -2.19. The minimum atomic E-state index is -3.59. The van der Waals surface area contributed by atoms with E-state index < -0.39 is 38.1 Å². The van der Waals surface area contributed by atoms with Crippen LogP contribution in [0.15, 0.2) is 24.3 Å². The van der Waals surface area contributed by atoms with E-state index in [9.17, 15) is 23.1 Å². The van der Waals surface area contributed by atoms with Crippen molar-refractivity contribution in [2.75, 3.05) is 12.3 Å². The number of nitrogens with one attached hydrogen (secondary N) is 1. The van der Waals surface area contributed by atoms with Gasteiger partial charge in [-0.15, -0.1) is 0 Å². The zero-order chi connectivity index (χ0) is 18.5. The van der Waals surface area contributed by atoms with Crippen molar-refractivity contribution in [3.63, 3.8) is 0 Å². The molecule has 1 unspecified atom stereocenters. The Morgan fingerprint density at radius 3 is 2.38 bits per heavy atom. The highest BCUT2D eigenvalue weighted by atomic mass is 32.2. The molecule has 24 heavy (non-hydrogen) atoms. The van der Waals surface area contributed by atoms with Gasteiger partial charge in [0.05, 0.1) is 10.7 Å². The summed E-state index contributed by atoms with van der Waals surface area (Å²) in [5.41, 5.74) is 1.89. The summed E-state index contributed by atoms with van der Waals surface area (Å²) in [6.07, 6.45) is 0.267. The fourth-order valence-electron chi connectivity index (χ4n) is 2.05. The van der Waals surface area contributed by atoms with Crippen molar-refractivity contribution < 1.29 is 23.1 Å². The van der Waals surface area contributed by atoms with Crippen LogP contribution in [0, 0.1) is 12.8 Å². The maximum atomic E-state index is 12.0. The van der Waals surface area contributed by atoms with Crippen LogP contribution < -0.4 is 5.32 Å². The van der Waals surface area contributed by atoms with Crippen LogP contribution in [-0.2, 0) is 25.8 Å². The average Bonchev–Trinajstić information content (AvgIpc) is 2.41. The van der Waals surface area contributed by atoms with E-state index in [2.05, 4.69) is 5.32 Å². The van der Waals surface area contributed by atoms with Crippen LogP contribution in [0.5, 0.6) is 0 Å². The van der Waals surface area contributed by atoms with Gasteiger partial charge in [0.15, 0.2) is 9.84 Å². The van der Waals surface area contributed by atoms with Crippen molar-refractivity contribution in [1.82, 2.24) is 5.32 Å². The fraction of sp³-hybridized carbons (Fsp3) is 0.529. The van der Waals surface area contributed by atoms with Crippen LogP contribution in [0.4, 0.5) is 0 Å². The first kappa shape index (κ1) is 20.2. The second-order valence-electron chi connectivity index (χ2n) is 6.90. The zero-order valence-corrected chi connectivity index (χ0v) is 15.3. The number of carboxylic acids is 1. The average molecular weight is 355 g/mol. The van der Waals surface area contributed by atoms with E-state index >= 15 is 0 Å². The molecule has 0 aliphatic heterocycles. The molecule has 0 aliphatic carbocycles. The molecular formula is C17H25NO5S. The first-order valence-electron chi connectivity index (χ1n) is 7.70. The summed E-state index contributed by atoms with van der Waals surface area (Å²) in [7, 11) is -3.59. The summed E-state index contributed by atoms with van der Waals surface area (Å²) in [6.45, 7) is 6.37. The highest BCUT2D eigenvalue weighted by Gasteiger charge is 2.31. The predicted octanol–water partition coefficient (Wildman–Crippen LogP) is 1.57. The Morgan fingerprint density at radius 1 is 1.25 bits per heavy atom. The van der Waals surface area contributed by atoms with E-state index in [0.717, 1.165) is 11.1 Å². The number of hydrogen-bond donors (Lipinski definition) is 2. The molecule has 1 aromatic rings. The molecule has 0 saturated heterocycles. The Morgan fingerprint density at radius 2 is 1.88 bits per heavy atom. The number of aliphatic carboxylic acids is 1. The van der Waals surface area contributed by atoms with E-state index in [1.165, 1.54) is 20.8 Å². The second kappa shape index (κ2) is 7.79. The minimum Gasteiger partial charge on any atom is -0.481 e. The molecule has 1 rings (SSSR count). The summed E-state index contributed by atoms with van der Waals surface area (Å²) in [5, 5.41) is 11.7. The topological polar surface area (TPSA) is 101 Å². The first-order chi connectivity index (χ1) is 10.9. The molecule has 0 fully saturated rings. The fourth-order valence-corrected chi connectivity index (χ4v) is 2.93. The largest absolute Gasteiger partial charge is 0.481 e. The van der Waals surface area contributed by atoms with Crippen molar-refractivity contribution in [3.05, 3.63) is 35.4 Å². The number of aryl methyl sites for hydroxylation is 1. The Bertz CT molecular complexity index is 704. The van der Waals surface area contributed by atoms with E-state index in [0.29, 0.717) is 0 Å². The van der Waals surface area contributed by atoms with Crippen molar-refractivity contribution in [2.24, 2.45) is 5.92 Å². The summed E-state index contributed by atoms with van der Waals surface area (Å²) in [5.74, 6) is -3.17. The smallest absolute Gasteiger partial charge is 0.308 e. The molecule has 1 aromatic carbocycles. The number of sulfone groups is 1. The molecule has 1 amide bonds. The van der Waals surface area contributed by atoms with Gasteiger partial charge in [-0.25, -0.2) is 8.42 Å². The lowest BCUT2D eigenvalue weighted by atomic mass is 9.98. The Hall–Kier alpha value is -1.89. The standard InChI is InChI=1S/C17H25NO5S/c1-12-6-5-7-13(8-12)9-14(16(20)21)10-18-15(19)11-24(22,23)17(2,3)4/h5-8,14H,9-11H2,1-4H3,(H,18,19)(H,20,21). The second-order valence-corrected chi connectivity index (χ2v) is 9.65. The van der Waals surface area contributed by atoms with E-state index in [-0.39, 0.29) is 13.0 Å². The number of rotatable bonds is 7. The molecule has 0 heterocycles. The molecule has 1 atom stereocenters. The number of carbonyl (C=O) groups excluding carboxylic acids is 1. The van der Waals surface area contributed by atoms with Crippen LogP contribution in [0.3, 0.4) is 0 Å². The van der Waals surface area contributed by atoms with Gasteiger partial charge in [0, 0.05) is 6.54 Å². The summed E-state index contributed by atoms with van der Waals surface area (Å²) in [4.78, 5) is 23.2. The van der Waals surface area contributed by atoms with Crippen molar-refractivity contribution in [3.8, 4) is 0 Å². The Labute approximate surface area is 143 Å². The van der Waals surface area contributed by atoms with Crippen LogP contribution in [0.1, 0.15) is 31.9 Å². The van der Waals surface area contributed by atoms with E-state index in [1.54, 1.807) is 0 Å². The van der Waals surface area contributed by atoms with Crippen LogP contribution in [-0.4, -0.2) is 42.4 Å². The van der Waals surface area contributed by atoms with Gasteiger partial charge in [0.25, 0.3) is 0 Å². The molecule has 134 valence electrons. The first-order valence-corrected chi connectivity index (χ1v) is 9.35. The summed E-state index contributed by atoms with van der Waals surface area (Å²) >= 11 is 0. The van der Waals surface area contributed by atoms with E-state index in [1.807, 2.05) is 31.2 Å². The maximum absolute atomic E-state index is 12.0. The normalized spacial score (nSPS) is 13.3. The summed E-state index contributed by atoms with van der Waals surface area (Å²) < 4.78 is 23.0. The number of amides is 1. The van der Waals surface area contributed by atoms with Crippen molar-refractivity contribution in [1.29, 1.82) is 0 Å². The lowest BCUT2D eigenvalue weighted by Crippen LogP contribution is -2.41. The van der Waals surface area contributed by atoms with Gasteiger partial charge < -0.3 is 10.4 Å². The highest BCUT2D eigenvalue weighted by Crippen LogP contribution is 2.16. The molecular weight excluding hydrogens is 330 g/mol. The molecule has 0 aliphatic rings. The molecule has 6 nitrogen and oxygen atoms in total. The molecule has 0 bridgehead atoms. The van der Waals surface area contributed by atoms with Crippen molar-refractivity contribution in [2.45, 2.75) is 38.9 Å². The van der Waals surface area contributed by atoms with E-state index in [4.69, 9.17) is 0 Å². The number of hydrogen-bond acceptors (Lipinski definition) is 4. The monoisotopic (exact) mass is 355 g/mol. The lowest BCUT2D eigenvalue weighted by molar-refractivity contribution is -0.141. The number of carbonyl (C=O) groups is 2. The Balaban J connectivity index is 2.67. The third-order valence-electron chi connectivity index (χ3n) is 3.71. The molecule has 0 saturated carbocycles. The van der Waals surface area contributed by atoms with Gasteiger partial charge in [0.1, 0.15) is 5.75 Å². The van der Waals surface area contributed by atoms with Crippen molar-refractivity contribution >= 4 is 21.7 Å². The van der Waals surface area contributed by atoms with Crippen LogP contribution in [0.2, 0.25) is 0 Å². The van der Waals surface area contributed by atoms with Crippen LogP contribution in [0.25, 0.3) is 0 Å². The third kappa shape index (κ3) is 5.96. The van der Waals surface area contributed by atoms with Gasteiger partial charge in [-0.3, -0.25) is 9.59 Å². The predicted molar refractivity (Wildman–Crippen MR) is 92.6 cm³/mol. The summed E-state index contributed by atoms with van der Waals surface area (Å²) in [6, 6.07) is 7.48. The third-order valence-corrected chi connectivity index (χ3v) is 6.22. The van der Waals surface area contributed by atoms with Gasteiger partial charge in [-0.1, -0.05) is 29.8 Å². The van der Waals surface area contributed by atoms with Gasteiger partial charge in [-0.05, 0) is 39.7 Å². The zero-order valence-electron chi connectivity index (χ0n) is 14.5. The number of carboxylic acid groups (broad SMARTS) is 1. The quantitative estimate of drug-likeness (QED) is 0.773. The molecule has 0 radical (unpaired) electrons.